The maximum Gasteiger partial charge on any atom is 0.166 e. The topological polar surface area (TPSA) is 76.6 Å². The molecule has 4 aromatic rings. The minimum Gasteiger partial charge on any atom is -0.368 e. The molecule has 3 fully saturated rings. The van der Waals surface area contributed by atoms with Crippen LogP contribution >= 0.6 is 0 Å². The molecule has 8 nitrogen and oxygen atoms in total. The van der Waals surface area contributed by atoms with Crippen molar-refractivity contribution in [3.8, 4) is 17.3 Å². The van der Waals surface area contributed by atoms with Crippen LogP contribution in [0.2, 0.25) is 0 Å². The summed E-state index contributed by atoms with van der Waals surface area (Å²) in [5.41, 5.74) is 3.18. The molecule has 3 aliphatic rings. The third kappa shape index (κ3) is 3.61. The van der Waals surface area contributed by atoms with Crippen LogP contribution in [0.5, 0.6) is 0 Å². The molecule has 0 radical (unpaired) electrons. The van der Waals surface area contributed by atoms with Gasteiger partial charge >= 0.3 is 0 Å². The second-order valence-electron chi connectivity index (χ2n) is 10.3. The number of hydrogen-bond acceptors (Lipinski definition) is 7. The zero-order valence-corrected chi connectivity index (χ0v) is 20.8. The first-order chi connectivity index (χ1) is 18.6. The largest absolute Gasteiger partial charge is 0.368 e. The second-order valence-corrected chi connectivity index (χ2v) is 10.3. The molecule has 7 rings (SSSR count). The van der Waals surface area contributed by atoms with Crippen LogP contribution in [-0.4, -0.2) is 63.8 Å². The molecule has 1 aromatic carbocycles. The Kier molecular flexibility index (Phi) is 5.30. The average Bonchev–Trinajstić information content (AvgIpc) is 3.32. The Morgan fingerprint density at radius 3 is 2.66 bits per heavy atom. The van der Waals surface area contributed by atoms with Crippen LogP contribution in [-0.2, 0) is 5.54 Å². The highest BCUT2D eigenvalue weighted by Crippen LogP contribution is 2.63. The van der Waals surface area contributed by atoms with Crippen LogP contribution in [0.4, 0.5) is 20.3 Å². The normalized spacial score (nSPS) is 23.0. The van der Waals surface area contributed by atoms with Gasteiger partial charge in [0.1, 0.15) is 17.5 Å². The maximum absolute atomic E-state index is 14.8. The number of rotatable bonds is 5. The van der Waals surface area contributed by atoms with Gasteiger partial charge in [-0.05, 0) is 55.2 Å². The second kappa shape index (κ2) is 8.74. The molecule has 0 N–H and O–H groups in total. The van der Waals surface area contributed by atoms with Crippen molar-refractivity contribution in [1.82, 2.24) is 24.5 Å². The molecule has 0 spiro atoms. The van der Waals surface area contributed by atoms with Crippen molar-refractivity contribution in [2.75, 3.05) is 49.1 Å². The number of aromatic nitrogens is 4. The van der Waals surface area contributed by atoms with E-state index in [-0.39, 0.29) is 11.7 Å². The lowest BCUT2D eigenvalue weighted by atomic mass is 10.0. The van der Waals surface area contributed by atoms with Gasteiger partial charge in [-0.3, -0.25) is 9.88 Å². The average molecular weight is 513 g/mol. The van der Waals surface area contributed by atoms with E-state index in [2.05, 4.69) is 31.9 Å². The summed E-state index contributed by atoms with van der Waals surface area (Å²) in [6, 6.07) is 11.9. The molecule has 5 heterocycles. The molecule has 2 aliphatic heterocycles. The minimum absolute atomic E-state index is 0.289. The van der Waals surface area contributed by atoms with Crippen molar-refractivity contribution in [1.29, 1.82) is 5.26 Å². The van der Waals surface area contributed by atoms with Gasteiger partial charge < -0.3 is 9.80 Å². The summed E-state index contributed by atoms with van der Waals surface area (Å²) < 4.78 is 30.6. The van der Waals surface area contributed by atoms with E-state index in [4.69, 9.17) is 15.2 Å². The van der Waals surface area contributed by atoms with Gasteiger partial charge in [0.15, 0.2) is 5.65 Å². The van der Waals surface area contributed by atoms with Gasteiger partial charge in [0.2, 0.25) is 0 Å². The number of pyridine rings is 1. The fourth-order valence-electron chi connectivity index (χ4n) is 6.28. The highest BCUT2D eigenvalue weighted by atomic mass is 19.1. The lowest BCUT2D eigenvalue weighted by Gasteiger charge is -2.34. The third-order valence-electron chi connectivity index (χ3n) is 8.34. The van der Waals surface area contributed by atoms with Crippen LogP contribution in [0.25, 0.3) is 16.9 Å². The molecule has 1 aliphatic carbocycles. The monoisotopic (exact) mass is 512 g/mol. The molecule has 0 amide bonds. The van der Waals surface area contributed by atoms with E-state index in [0.717, 1.165) is 68.3 Å². The Labute approximate surface area is 218 Å². The molecule has 0 unspecified atom stereocenters. The zero-order valence-electron chi connectivity index (χ0n) is 20.8. The predicted molar refractivity (Wildman–Crippen MR) is 139 cm³/mol. The van der Waals surface area contributed by atoms with Crippen molar-refractivity contribution < 1.29 is 8.78 Å². The van der Waals surface area contributed by atoms with Crippen molar-refractivity contribution in [2.24, 2.45) is 5.92 Å². The van der Waals surface area contributed by atoms with Crippen molar-refractivity contribution >= 4 is 17.2 Å². The van der Waals surface area contributed by atoms with Crippen LogP contribution in [0.15, 0.2) is 55.0 Å². The summed E-state index contributed by atoms with van der Waals surface area (Å²) in [5.74, 6) is 0.225. The van der Waals surface area contributed by atoms with Gasteiger partial charge in [0, 0.05) is 44.5 Å². The summed E-state index contributed by atoms with van der Waals surface area (Å²) >= 11 is 0. The summed E-state index contributed by atoms with van der Waals surface area (Å²) in [6.45, 7) is 4.62. The molecule has 192 valence electrons. The number of fused-ring (bicyclic) bond motifs is 2. The molecule has 2 saturated heterocycles. The van der Waals surface area contributed by atoms with Crippen molar-refractivity contribution in [3.63, 3.8) is 0 Å². The third-order valence-corrected chi connectivity index (χ3v) is 8.34. The number of hydrogen-bond donors (Lipinski definition) is 0. The minimum atomic E-state index is -0.547. The Hall–Kier alpha value is -4.10. The van der Waals surface area contributed by atoms with E-state index < -0.39 is 11.4 Å². The number of anilines is 2. The first-order valence-electron chi connectivity index (χ1n) is 12.9. The van der Waals surface area contributed by atoms with E-state index in [9.17, 15) is 8.78 Å². The number of nitrogens with zero attached hydrogens (tertiary/aromatic N) is 8. The standard InChI is InChI=1S/C28H26F2N8/c29-20-1-3-24(30)23(15-20)28-16-19(28)5-8-37(28)26-6-9-38-27(34-26)22(18-33-38)25-4-2-21(17-32-25)36-13-11-35(10-7-31)12-14-36/h1-4,6,9,15,17-19H,5,8,10-14,16H2/t19-,28+/m0/s1. The van der Waals surface area contributed by atoms with Crippen LogP contribution < -0.4 is 9.80 Å². The van der Waals surface area contributed by atoms with Gasteiger partial charge in [0.05, 0.1) is 47.5 Å². The van der Waals surface area contributed by atoms with Crippen LogP contribution in [0.3, 0.4) is 0 Å². The van der Waals surface area contributed by atoms with Crippen LogP contribution in [0.1, 0.15) is 18.4 Å². The fraction of sp³-hybridized carbons (Fsp3) is 0.357. The molecule has 0 bridgehead atoms. The SMILES string of the molecule is N#CCN1CCN(c2ccc(-c3cnn4ccc(N5CC[C@H]6C[C@]65c5cc(F)ccc5F)nc34)nc2)CC1. The quantitative estimate of drug-likeness (QED) is 0.376. The predicted octanol–water partition coefficient (Wildman–Crippen LogP) is 3.84. The highest BCUT2D eigenvalue weighted by molar-refractivity contribution is 5.76. The molecule has 38 heavy (non-hydrogen) atoms. The van der Waals surface area contributed by atoms with Gasteiger partial charge in [-0.25, -0.2) is 18.3 Å². The van der Waals surface area contributed by atoms with Gasteiger partial charge in [-0.1, -0.05) is 0 Å². The number of piperazine rings is 1. The van der Waals surface area contributed by atoms with Crippen molar-refractivity contribution in [2.45, 2.75) is 18.4 Å². The smallest absolute Gasteiger partial charge is 0.166 e. The highest BCUT2D eigenvalue weighted by Gasteiger charge is 2.64. The van der Waals surface area contributed by atoms with E-state index in [1.807, 2.05) is 24.5 Å². The number of piperidine rings is 1. The zero-order chi connectivity index (χ0) is 25.9. The summed E-state index contributed by atoms with van der Waals surface area (Å²) in [4.78, 5) is 16.3. The summed E-state index contributed by atoms with van der Waals surface area (Å²) in [5, 5.41) is 13.4. The van der Waals surface area contributed by atoms with E-state index in [1.54, 1.807) is 10.7 Å². The Morgan fingerprint density at radius 2 is 1.89 bits per heavy atom. The first kappa shape index (κ1) is 23.0. The van der Waals surface area contributed by atoms with Gasteiger partial charge in [-0.15, -0.1) is 0 Å². The Bertz CT molecular complexity index is 1550. The fourth-order valence-corrected chi connectivity index (χ4v) is 6.28. The van der Waals surface area contributed by atoms with Gasteiger partial charge in [-0.2, -0.15) is 10.4 Å². The number of nitriles is 1. The lowest BCUT2D eigenvalue weighted by Crippen LogP contribution is -2.46. The molecule has 1 saturated carbocycles. The Morgan fingerprint density at radius 1 is 1.03 bits per heavy atom. The molecular weight excluding hydrogens is 486 g/mol. The molecular formula is C28H26F2N8. The van der Waals surface area contributed by atoms with E-state index in [0.29, 0.717) is 17.8 Å². The van der Waals surface area contributed by atoms with Crippen LogP contribution in [0, 0.1) is 28.9 Å². The van der Waals surface area contributed by atoms with Gasteiger partial charge in [0.25, 0.3) is 0 Å². The molecule has 2 atom stereocenters. The van der Waals surface area contributed by atoms with Crippen molar-refractivity contribution in [3.05, 3.63) is 72.2 Å². The van der Waals surface area contributed by atoms with E-state index >= 15 is 0 Å². The molecule has 3 aromatic heterocycles. The summed E-state index contributed by atoms with van der Waals surface area (Å²) in [6.07, 6.45) is 7.21. The number of halogens is 2. The number of benzene rings is 1. The molecule has 10 heteroatoms. The van der Waals surface area contributed by atoms with E-state index in [1.165, 1.54) is 18.2 Å². The first-order valence-corrected chi connectivity index (χ1v) is 12.9. The summed E-state index contributed by atoms with van der Waals surface area (Å²) in [7, 11) is 0. The Balaban J connectivity index is 1.18. The maximum atomic E-state index is 14.8. The lowest BCUT2D eigenvalue weighted by molar-refractivity contribution is 0.287.